The number of carbonyl (C=O) groups excluding carboxylic acids is 2. The maximum Gasteiger partial charge on any atom is 0.251 e. The van der Waals surface area contributed by atoms with E-state index in [1.54, 1.807) is 24.3 Å². The zero-order valence-electron chi connectivity index (χ0n) is 12.6. The van der Waals surface area contributed by atoms with Crippen LogP contribution in [0, 0.1) is 5.92 Å². The van der Waals surface area contributed by atoms with Crippen LogP contribution in [-0.2, 0) is 4.79 Å². The second kappa shape index (κ2) is 6.72. The summed E-state index contributed by atoms with van der Waals surface area (Å²) in [6, 6.07) is 7.20. The van der Waals surface area contributed by atoms with Gasteiger partial charge >= 0.3 is 0 Å². The first kappa shape index (κ1) is 15.5. The molecule has 1 aromatic rings. The van der Waals surface area contributed by atoms with Crippen molar-refractivity contribution in [3.8, 4) is 0 Å². The third kappa shape index (κ3) is 4.29. The molecule has 0 aliphatic heterocycles. The molecule has 2 unspecified atom stereocenters. The molecular formula is C16H23N3O2. The molecule has 1 aliphatic carbocycles. The Morgan fingerprint density at radius 1 is 1.29 bits per heavy atom. The number of benzene rings is 1. The van der Waals surface area contributed by atoms with Crippen LogP contribution in [-0.4, -0.2) is 23.9 Å². The molecule has 2 atom stereocenters. The third-order valence-electron chi connectivity index (χ3n) is 3.66. The fourth-order valence-electron chi connectivity index (χ4n) is 2.58. The predicted octanol–water partition coefficient (Wildman–Crippen LogP) is 1.89. The SMILES string of the molecule is CC(C)NC(=O)c1cccc(NC(=O)C2CCC(N)C2)c1. The quantitative estimate of drug-likeness (QED) is 0.791. The number of anilines is 1. The standard InChI is InChI=1S/C16H23N3O2/c1-10(2)18-15(20)11-4-3-5-14(9-11)19-16(21)12-6-7-13(17)8-12/h3-5,9-10,12-13H,6-8,17H2,1-2H3,(H,18,20)(H,19,21). The summed E-state index contributed by atoms with van der Waals surface area (Å²) in [6.07, 6.45) is 2.47. The van der Waals surface area contributed by atoms with Gasteiger partial charge in [-0.2, -0.15) is 0 Å². The van der Waals surface area contributed by atoms with Crippen LogP contribution in [0.25, 0.3) is 0 Å². The zero-order valence-corrected chi connectivity index (χ0v) is 12.6. The van der Waals surface area contributed by atoms with Crippen molar-refractivity contribution in [2.75, 3.05) is 5.32 Å². The number of nitrogens with one attached hydrogen (secondary N) is 2. The van der Waals surface area contributed by atoms with Crippen molar-refractivity contribution in [2.24, 2.45) is 11.7 Å². The number of carbonyl (C=O) groups is 2. The van der Waals surface area contributed by atoms with Crippen LogP contribution >= 0.6 is 0 Å². The molecule has 0 radical (unpaired) electrons. The third-order valence-corrected chi connectivity index (χ3v) is 3.66. The number of nitrogens with two attached hydrogens (primary N) is 1. The monoisotopic (exact) mass is 289 g/mol. The molecule has 1 saturated carbocycles. The van der Waals surface area contributed by atoms with Crippen LogP contribution in [0.3, 0.4) is 0 Å². The highest BCUT2D eigenvalue weighted by molar-refractivity contribution is 5.97. The van der Waals surface area contributed by atoms with Crippen molar-refractivity contribution in [2.45, 2.75) is 45.2 Å². The highest BCUT2D eigenvalue weighted by Gasteiger charge is 2.27. The summed E-state index contributed by atoms with van der Waals surface area (Å²) < 4.78 is 0. The average molecular weight is 289 g/mol. The van der Waals surface area contributed by atoms with Crippen LogP contribution in [0.1, 0.15) is 43.5 Å². The van der Waals surface area contributed by atoms with Gasteiger partial charge in [0, 0.05) is 29.3 Å². The Kier molecular flexibility index (Phi) is 4.96. The second-order valence-corrected chi connectivity index (χ2v) is 5.97. The van der Waals surface area contributed by atoms with E-state index in [0.717, 1.165) is 19.3 Å². The molecule has 5 heteroatoms. The van der Waals surface area contributed by atoms with E-state index in [1.807, 2.05) is 13.8 Å². The minimum Gasteiger partial charge on any atom is -0.350 e. The normalized spacial score (nSPS) is 21.3. The molecule has 0 saturated heterocycles. The molecule has 21 heavy (non-hydrogen) atoms. The van der Waals surface area contributed by atoms with Gasteiger partial charge in [0.2, 0.25) is 5.91 Å². The minimum absolute atomic E-state index is 0.00984. The molecular weight excluding hydrogens is 266 g/mol. The van der Waals surface area contributed by atoms with Crippen LogP contribution in [0.15, 0.2) is 24.3 Å². The summed E-state index contributed by atoms with van der Waals surface area (Å²) in [6.45, 7) is 3.82. The van der Waals surface area contributed by atoms with Crippen LogP contribution in [0.5, 0.6) is 0 Å². The Morgan fingerprint density at radius 3 is 2.67 bits per heavy atom. The Balaban J connectivity index is 2.00. The van der Waals surface area contributed by atoms with Crippen LogP contribution in [0.2, 0.25) is 0 Å². The number of hydrogen-bond donors (Lipinski definition) is 3. The van der Waals surface area contributed by atoms with Gasteiger partial charge in [-0.1, -0.05) is 6.07 Å². The fraction of sp³-hybridized carbons (Fsp3) is 0.500. The van der Waals surface area contributed by atoms with E-state index in [4.69, 9.17) is 5.73 Å². The summed E-state index contributed by atoms with van der Waals surface area (Å²) >= 11 is 0. The molecule has 1 fully saturated rings. The van der Waals surface area contributed by atoms with Crippen LogP contribution < -0.4 is 16.4 Å². The van der Waals surface area contributed by atoms with E-state index >= 15 is 0 Å². The highest BCUT2D eigenvalue weighted by atomic mass is 16.2. The van der Waals surface area contributed by atoms with E-state index in [2.05, 4.69) is 10.6 Å². The Labute approximate surface area is 125 Å². The molecule has 1 aromatic carbocycles. The zero-order chi connectivity index (χ0) is 15.4. The van der Waals surface area contributed by atoms with Gasteiger partial charge < -0.3 is 16.4 Å². The second-order valence-electron chi connectivity index (χ2n) is 5.97. The lowest BCUT2D eigenvalue weighted by Crippen LogP contribution is -2.30. The molecule has 0 aromatic heterocycles. The average Bonchev–Trinajstić information content (AvgIpc) is 2.85. The first-order valence-electron chi connectivity index (χ1n) is 7.43. The maximum atomic E-state index is 12.2. The Hall–Kier alpha value is -1.88. The van der Waals surface area contributed by atoms with Gasteiger partial charge in [-0.15, -0.1) is 0 Å². The van der Waals surface area contributed by atoms with Gasteiger partial charge in [0.05, 0.1) is 0 Å². The van der Waals surface area contributed by atoms with E-state index < -0.39 is 0 Å². The van der Waals surface area contributed by atoms with E-state index in [-0.39, 0.29) is 29.8 Å². The van der Waals surface area contributed by atoms with Gasteiger partial charge in [-0.25, -0.2) is 0 Å². The van der Waals surface area contributed by atoms with E-state index in [0.29, 0.717) is 11.3 Å². The summed E-state index contributed by atoms with van der Waals surface area (Å²) in [5, 5.41) is 5.71. The first-order chi connectivity index (χ1) is 9.95. The van der Waals surface area contributed by atoms with Crippen molar-refractivity contribution < 1.29 is 9.59 Å². The van der Waals surface area contributed by atoms with Gasteiger partial charge in [-0.3, -0.25) is 9.59 Å². The summed E-state index contributed by atoms with van der Waals surface area (Å²) in [7, 11) is 0. The van der Waals surface area contributed by atoms with Gasteiger partial charge in [0.1, 0.15) is 0 Å². The topological polar surface area (TPSA) is 84.2 Å². The van der Waals surface area contributed by atoms with Crippen molar-refractivity contribution in [3.63, 3.8) is 0 Å². The Bertz CT molecular complexity index is 528. The lowest BCUT2D eigenvalue weighted by atomic mass is 10.1. The van der Waals surface area contributed by atoms with Gasteiger partial charge in [0.15, 0.2) is 0 Å². The molecule has 4 N–H and O–H groups in total. The largest absolute Gasteiger partial charge is 0.350 e. The summed E-state index contributed by atoms with van der Waals surface area (Å²) in [5.41, 5.74) is 7.03. The smallest absolute Gasteiger partial charge is 0.251 e. The van der Waals surface area contributed by atoms with Crippen molar-refractivity contribution >= 4 is 17.5 Å². The number of rotatable bonds is 4. The maximum absolute atomic E-state index is 12.2. The fourth-order valence-corrected chi connectivity index (χ4v) is 2.58. The van der Waals surface area contributed by atoms with E-state index in [1.165, 1.54) is 0 Å². The highest BCUT2D eigenvalue weighted by Crippen LogP contribution is 2.25. The first-order valence-corrected chi connectivity index (χ1v) is 7.43. The number of hydrogen-bond acceptors (Lipinski definition) is 3. The molecule has 2 amide bonds. The van der Waals surface area contributed by atoms with Gasteiger partial charge in [0.25, 0.3) is 5.91 Å². The summed E-state index contributed by atoms with van der Waals surface area (Å²) in [5.74, 6) is -0.165. The lowest BCUT2D eigenvalue weighted by molar-refractivity contribution is -0.119. The van der Waals surface area contributed by atoms with E-state index in [9.17, 15) is 9.59 Å². The molecule has 114 valence electrons. The van der Waals surface area contributed by atoms with Gasteiger partial charge in [-0.05, 0) is 51.3 Å². The molecule has 0 bridgehead atoms. The molecule has 5 nitrogen and oxygen atoms in total. The Morgan fingerprint density at radius 2 is 2.05 bits per heavy atom. The van der Waals surface area contributed by atoms with Crippen molar-refractivity contribution in [1.29, 1.82) is 0 Å². The summed E-state index contributed by atoms with van der Waals surface area (Å²) in [4.78, 5) is 24.1. The van der Waals surface area contributed by atoms with Crippen molar-refractivity contribution in [1.82, 2.24) is 5.32 Å². The minimum atomic E-state index is -0.135. The molecule has 2 rings (SSSR count). The van der Waals surface area contributed by atoms with Crippen molar-refractivity contribution in [3.05, 3.63) is 29.8 Å². The molecule has 0 heterocycles. The lowest BCUT2D eigenvalue weighted by Gasteiger charge is -2.12. The number of amides is 2. The molecule has 1 aliphatic rings. The molecule has 0 spiro atoms. The van der Waals surface area contributed by atoms with Crippen LogP contribution in [0.4, 0.5) is 5.69 Å². The predicted molar refractivity (Wildman–Crippen MR) is 83.0 cm³/mol.